The van der Waals surface area contributed by atoms with Gasteiger partial charge in [-0.1, -0.05) is 13.8 Å². The third-order valence-electron chi connectivity index (χ3n) is 2.23. The average Bonchev–Trinajstić information content (AvgIpc) is 2.76. The zero-order valence-corrected chi connectivity index (χ0v) is 10.4. The molecule has 1 atom stereocenters. The number of aromatic nitrogens is 1. The van der Waals surface area contributed by atoms with E-state index in [4.69, 9.17) is 0 Å². The Kier molecular flexibility index (Phi) is 6.55. The highest BCUT2D eigenvalue weighted by molar-refractivity contribution is 7.09. The summed E-state index contributed by atoms with van der Waals surface area (Å²) >= 11 is 1.74. The fraction of sp³-hybridized carbons (Fsp3) is 0.727. The van der Waals surface area contributed by atoms with Gasteiger partial charge < -0.3 is 10.6 Å². The molecule has 0 aliphatic rings. The summed E-state index contributed by atoms with van der Waals surface area (Å²) in [5, 5.41) is 10.1. The Hall–Kier alpha value is -0.450. The normalized spacial score (nSPS) is 12.9. The van der Waals surface area contributed by atoms with Crippen molar-refractivity contribution < 1.29 is 0 Å². The van der Waals surface area contributed by atoms with Crippen molar-refractivity contribution in [2.45, 2.75) is 26.2 Å². The molecule has 4 heteroatoms. The van der Waals surface area contributed by atoms with Crippen molar-refractivity contribution in [3.05, 3.63) is 16.6 Å². The summed E-state index contributed by atoms with van der Waals surface area (Å²) in [5.74, 6) is 0.524. The van der Waals surface area contributed by atoms with Crippen molar-refractivity contribution in [1.29, 1.82) is 0 Å². The molecule has 1 heterocycles. The van der Waals surface area contributed by atoms with Gasteiger partial charge in [0.25, 0.3) is 0 Å². The van der Waals surface area contributed by atoms with Crippen LogP contribution >= 0.6 is 11.3 Å². The molecule has 0 spiro atoms. The van der Waals surface area contributed by atoms with Gasteiger partial charge in [0.05, 0.1) is 5.01 Å². The van der Waals surface area contributed by atoms with E-state index in [1.165, 1.54) is 11.4 Å². The minimum atomic E-state index is 0.524. The lowest BCUT2D eigenvalue weighted by atomic mass is 10.2. The molecule has 1 aromatic heterocycles. The molecule has 0 fully saturated rings. The summed E-state index contributed by atoms with van der Waals surface area (Å²) in [4.78, 5) is 4.31. The van der Waals surface area contributed by atoms with Crippen molar-refractivity contribution in [2.75, 3.05) is 26.2 Å². The molecule has 0 aliphatic heterocycles. The van der Waals surface area contributed by atoms with Gasteiger partial charge in [0.2, 0.25) is 0 Å². The van der Waals surface area contributed by atoms with E-state index in [1.807, 2.05) is 11.6 Å². The molecule has 0 radical (unpaired) electrons. The molecule has 0 bridgehead atoms. The molecule has 15 heavy (non-hydrogen) atoms. The van der Waals surface area contributed by atoms with E-state index >= 15 is 0 Å². The number of nitrogens with zero attached hydrogens (tertiary/aromatic N) is 1. The maximum Gasteiger partial charge on any atom is 0.0965 e. The van der Waals surface area contributed by atoms with Crippen LogP contribution in [0.1, 0.15) is 31.2 Å². The minimum Gasteiger partial charge on any atom is -0.315 e. The Morgan fingerprint density at radius 1 is 1.33 bits per heavy atom. The Morgan fingerprint density at radius 3 is 2.80 bits per heavy atom. The number of rotatable bonds is 8. The first-order valence-corrected chi connectivity index (χ1v) is 6.53. The summed E-state index contributed by atoms with van der Waals surface area (Å²) < 4.78 is 0. The molecule has 2 N–H and O–H groups in total. The highest BCUT2D eigenvalue weighted by Crippen LogP contribution is 2.15. The van der Waals surface area contributed by atoms with Crippen molar-refractivity contribution in [3.8, 4) is 0 Å². The summed E-state index contributed by atoms with van der Waals surface area (Å²) in [6, 6.07) is 0. The van der Waals surface area contributed by atoms with Crippen LogP contribution < -0.4 is 10.6 Å². The van der Waals surface area contributed by atoms with Crippen molar-refractivity contribution in [3.63, 3.8) is 0 Å². The van der Waals surface area contributed by atoms with Crippen molar-refractivity contribution in [2.24, 2.45) is 0 Å². The van der Waals surface area contributed by atoms with E-state index in [0.29, 0.717) is 5.92 Å². The molecule has 3 nitrogen and oxygen atoms in total. The lowest BCUT2D eigenvalue weighted by Gasteiger charge is -2.10. The van der Waals surface area contributed by atoms with Crippen LogP contribution in [-0.2, 0) is 0 Å². The van der Waals surface area contributed by atoms with E-state index in [2.05, 4.69) is 29.5 Å². The summed E-state index contributed by atoms with van der Waals surface area (Å²) in [6.07, 6.45) is 3.08. The zero-order valence-electron chi connectivity index (χ0n) is 9.62. The number of hydrogen-bond acceptors (Lipinski definition) is 4. The predicted octanol–water partition coefficient (Wildman–Crippen LogP) is 1.84. The maximum absolute atomic E-state index is 4.31. The van der Waals surface area contributed by atoms with Gasteiger partial charge in [0.1, 0.15) is 0 Å². The van der Waals surface area contributed by atoms with Gasteiger partial charge in [-0.25, -0.2) is 4.98 Å². The molecule has 1 rings (SSSR count). The van der Waals surface area contributed by atoms with Crippen LogP contribution in [0.3, 0.4) is 0 Å². The molecular formula is C11H21N3S. The molecular weight excluding hydrogens is 206 g/mol. The van der Waals surface area contributed by atoms with Crippen molar-refractivity contribution >= 4 is 11.3 Å². The van der Waals surface area contributed by atoms with E-state index in [-0.39, 0.29) is 0 Å². The molecule has 0 saturated carbocycles. The number of thiazole rings is 1. The van der Waals surface area contributed by atoms with Crippen LogP contribution in [0.15, 0.2) is 11.6 Å². The molecule has 0 amide bonds. The SMILES string of the molecule is CCCNCCNCC(C)c1nccs1. The fourth-order valence-electron chi connectivity index (χ4n) is 1.36. The lowest BCUT2D eigenvalue weighted by molar-refractivity contribution is 0.575. The second-order valence-electron chi connectivity index (χ2n) is 3.73. The highest BCUT2D eigenvalue weighted by atomic mass is 32.1. The first kappa shape index (κ1) is 12.6. The van der Waals surface area contributed by atoms with Crippen LogP contribution in [0.2, 0.25) is 0 Å². The predicted molar refractivity (Wildman–Crippen MR) is 66.6 cm³/mol. The fourth-order valence-corrected chi connectivity index (χ4v) is 2.06. The molecule has 0 aromatic carbocycles. The van der Waals surface area contributed by atoms with E-state index in [1.54, 1.807) is 11.3 Å². The van der Waals surface area contributed by atoms with Gasteiger partial charge in [-0.05, 0) is 13.0 Å². The van der Waals surface area contributed by atoms with Crippen LogP contribution in [0, 0.1) is 0 Å². The highest BCUT2D eigenvalue weighted by Gasteiger charge is 2.06. The molecule has 86 valence electrons. The van der Waals surface area contributed by atoms with Gasteiger partial charge in [-0.2, -0.15) is 0 Å². The molecule has 1 unspecified atom stereocenters. The van der Waals surface area contributed by atoms with E-state index in [9.17, 15) is 0 Å². The van der Waals surface area contributed by atoms with Gasteiger partial charge >= 0.3 is 0 Å². The smallest absolute Gasteiger partial charge is 0.0965 e. The second kappa shape index (κ2) is 7.79. The van der Waals surface area contributed by atoms with Crippen LogP contribution in [0.25, 0.3) is 0 Å². The van der Waals surface area contributed by atoms with Crippen LogP contribution in [0.5, 0.6) is 0 Å². The van der Waals surface area contributed by atoms with Gasteiger partial charge in [0, 0.05) is 37.1 Å². The maximum atomic E-state index is 4.31. The topological polar surface area (TPSA) is 37.0 Å². The largest absolute Gasteiger partial charge is 0.315 e. The lowest BCUT2D eigenvalue weighted by Crippen LogP contribution is -2.30. The minimum absolute atomic E-state index is 0.524. The van der Waals surface area contributed by atoms with Crippen LogP contribution in [-0.4, -0.2) is 31.2 Å². The van der Waals surface area contributed by atoms with Gasteiger partial charge in [-0.15, -0.1) is 11.3 Å². The third-order valence-corrected chi connectivity index (χ3v) is 3.24. The first-order chi connectivity index (χ1) is 7.34. The summed E-state index contributed by atoms with van der Waals surface area (Å²) in [7, 11) is 0. The quantitative estimate of drug-likeness (QED) is 0.665. The zero-order chi connectivity index (χ0) is 10.9. The first-order valence-electron chi connectivity index (χ1n) is 5.65. The standard InChI is InChI=1S/C11H21N3S/c1-3-4-12-5-6-13-9-10(2)11-14-7-8-15-11/h7-8,10,12-13H,3-6,9H2,1-2H3. The Balaban J connectivity index is 2.00. The van der Waals surface area contributed by atoms with Crippen molar-refractivity contribution in [1.82, 2.24) is 15.6 Å². The van der Waals surface area contributed by atoms with Crippen LogP contribution in [0.4, 0.5) is 0 Å². The number of nitrogens with one attached hydrogen (secondary N) is 2. The summed E-state index contributed by atoms with van der Waals surface area (Å²) in [5.41, 5.74) is 0. The Morgan fingerprint density at radius 2 is 2.13 bits per heavy atom. The second-order valence-corrected chi connectivity index (χ2v) is 4.65. The average molecular weight is 227 g/mol. The Bertz CT molecular complexity index is 236. The third kappa shape index (κ3) is 5.25. The van der Waals surface area contributed by atoms with E-state index in [0.717, 1.165) is 26.2 Å². The molecule has 1 aromatic rings. The number of hydrogen-bond donors (Lipinski definition) is 2. The van der Waals surface area contributed by atoms with Gasteiger partial charge in [0.15, 0.2) is 0 Å². The molecule has 0 saturated heterocycles. The Labute approximate surface area is 96.3 Å². The summed E-state index contributed by atoms with van der Waals surface area (Å²) in [6.45, 7) is 8.62. The van der Waals surface area contributed by atoms with E-state index < -0.39 is 0 Å². The van der Waals surface area contributed by atoms with Gasteiger partial charge in [-0.3, -0.25) is 0 Å². The molecule has 0 aliphatic carbocycles. The monoisotopic (exact) mass is 227 g/mol.